The van der Waals surface area contributed by atoms with Crippen LogP contribution in [0.2, 0.25) is 0 Å². The Morgan fingerprint density at radius 1 is 1.29 bits per heavy atom. The number of benzene rings is 1. The van der Waals surface area contributed by atoms with Gasteiger partial charge in [-0.15, -0.1) is 0 Å². The summed E-state index contributed by atoms with van der Waals surface area (Å²) >= 11 is 0. The first kappa shape index (κ1) is 18.9. The molecule has 2 N–H and O–H groups in total. The van der Waals surface area contributed by atoms with Crippen LogP contribution in [0.1, 0.15) is 45.6 Å². The third-order valence-electron chi connectivity index (χ3n) is 5.23. The first-order valence-electron chi connectivity index (χ1n) is 9.20. The number of aliphatic hydroxyl groups excluding tert-OH is 1. The molecule has 1 atom stereocenters. The Bertz CT molecular complexity index is 522. The number of amides is 1. The molecule has 1 unspecified atom stereocenters. The van der Waals surface area contributed by atoms with Gasteiger partial charge >= 0.3 is 0 Å². The highest BCUT2D eigenvalue weighted by Gasteiger charge is 2.18. The third-order valence-corrected chi connectivity index (χ3v) is 5.23. The van der Waals surface area contributed by atoms with Gasteiger partial charge in [0, 0.05) is 25.3 Å². The monoisotopic (exact) mass is 332 g/mol. The van der Waals surface area contributed by atoms with E-state index in [1.807, 2.05) is 12.1 Å². The molecule has 0 spiro atoms. The number of carbonyl (C=O) groups is 1. The molecular weight excluding hydrogens is 300 g/mol. The number of hydrogen-bond donors (Lipinski definition) is 2. The molecular formula is C20H32N2O2. The average Bonchev–Trinajstić information content (AvgIpc) is 2.55. The minimum absolute atomic E-state index is 0.0945. The number of nitrogens with one attached hydrogen (secondary N) is 1. The molecule has 1 aromatic rings. The van der Waals surface area contributed by atoms with Crippen LogP contribution in [0.15, 0.2) is 24.3 Å². The molecule has 0 saturated carbocycles. The van der Waals surface area contributed by atoms with E-state index in [0.717, 1.165) is 38.2 Å². The van der Waals surface area contributed by atoms with Gasteiger partial charge < -0.3 is 10.4 Å². The number of anilines is 1. The molecule has 1 fully saturated rings. The Kier molecular flexibility index (Phi) is 7.25. The summed E-state index contributed by atoms with van der Waals surface area (Å²) in [7, 11) is 0. The molecule has 1 aliphatic heterocycles. The van der Waals surface area contributed by atoms with Crippen molar-refractivity contribution in [3.05, 3.63) is 29.8 Å². The van der Waals surface area contributed by atoms with Crippen LogP contribution in [0.5, 0.6) is 0 Å². The zero-order chi connectivity index (χ0) is 17.5. The fourth-order valence-corrected chi connectivity index (χ4v) is 3.07. The van der Waals surface area contributed by atoms with E-state index in [1.165, 1.54) is 5.56 Å². The van der Waals surface area contributed by atoms with Gasteiger partial charge in [0.2, 0.25) is 5.91 Å². The summed E-state index contributed by atoms with van der Waals surface area (Å²) < 4.78 is 0. The highest BCUT2D eigenvalue weighted by molar-refractivity contribution is 5.90. The number of aliphatic hydroxyl groups is 1. The van der Waals surface area contributed by atoms with Crippen molar-refractivity contribution >= 4 is 11.6 Å². The maximum atomic E-state index is 12.2. The van der Waals surface area contributed by atoms with Gasteiger partial charge in [-0.2, -0.15) is 0 Å². The van der Waals surface area contributed by atoms with Gasteiger partial charge in [-0.3, -0.25) is 9.69 Å². The lowest BCUT2D eigenvalue weighted by Gasteiger charge is -2.31. The minimum Gasteiger partial charge on any atom is -0.396 e. The molecule has 1 amide bonds. The zero-order valence-corrected chi connectivity index (χ0v) is 15.3. The van der Waals surface area contributed by atoms with Crippen LogP contribution in [0.4, 0.5) is 5.69 Å². The van der Waals surface area contributed by atoms with Crippen LogP contribution in [0, 0.1) is 17.8 Å². The highest BCUT2D eigenvalue weighted by atomic mass is 16.3. The highest BCUT2D eigenvalue weighted by Crippen LogP contribution is 2.20. The Morgan fingerprint density at radius 3 is 2.62 bits per heavy atom. The molecule has 0 bridgehead atoms. The second-order valence-corrected chi connectivity index (χ2v) is 7.58. The maximum absolute atomic E-state index is 12.2. The second kappa shape index (κ2) is 9.19. The number of likely N-dealkylation sites (tertiary alicyclic amines) is 1. The van der Waals surface area contributed by atoms with Crippen molar-refractivity contribution in [2.24, 2.45) is 17.8 Å². The predicted octanol–water partition coefficient (Wildman–Crippen LogP) is 3.51. The van der Waals surface area contributed by atoms with Crippen LogP contribution < -0.4 is 5.32 Å². The molecule has 24 heavy (non-hydrogen) atoms. The summed E-state index contributed by atoms with van der Waals surface area (Å²) in [4.78, 5) is 14.6. The number of piperidine rings is 1. The topological polar surface area (TPSA) is 52.6 Å². The molecule has 1 saturated heterocycles. The smallest absolute Gasteiger partial charge is 0.224 e. The average molecular weight is 332 g/mol. The van der Waals surface area contributed by atoms with E-state index in [1.54, 1.807) is 0 Å². The van der Waals surface area contributed by atoms with E-state index < -0.39 is 0 Å². The summed E-state index contributed by atoms with van der Waals surface area (Å²) in [5.74, 6) is 1.47. The summed E-state index contributed by atoms with van der Waals surface area (Å²) in [5, 5.41) is 12.3. The van der Waals surface area contributed by atoms with Crippen molar-refractivity contribution < 1.29 is 9.90 Å². The van der Waals surface area contributed by atoms with Gasteiger partial charge in [0.25, 0.3) is 0 Å². The lowest BCUT2D eigenvalue weighted by Crippen LogP contribution is -2.34. The van der Waals surface area contributed by atoms with Crippen molar-refractivity contribution in [1.29, 1.82) is 0 Å². The van der Waals surface area contributed by atoms with Gasteiger partial charge in [-0.05, 0) is 61.4 Å². The Hall–Kier alpha value is -1.39. The molecule has 0 aromatic heterocycles. The fourth-order valence-electron chi connectivity index (χ4n) is 3.07. The lowest BCUT2D eigenvalue weighted by atomic mass is 9.94. The molecule has 0 aliphatic carbocycles. The molecule has 1 heterocycles. The number of carbonyl (C=O) groups excluding carboxylic acids is 1. The van der Waals surface area contributed by atoms with Gasteiger partial charge in [0.1, 0.15) is 0 Å². The van der Waals surface area contributed by atoms with Crippen molar-refractivity contribution in [2.45, 2.75) is 46.6 Å². The molecule has 1 aromatic carbocycles. The zero-order valence-electron chi connectivity index (χ0n) is 15.3. The quantitative estimate of drug-likeness (QED) is 0.803. The molecule has 1 aliphatic rings. The maximum Gasteiger partial charge on any atom is 0.224 e. The standard InChI is InChI=1S/C20H32N2O2/c1-15(2)16(3)11-20(24)21-19-6-4-5-18(12-19)13-22-9-7-17(14-23)8-10-22/h4-6,12,15-17,23H,7-11,13-14H2,1-3H3,(H,21,24). The number of nitrogens with zero attached hydrogens (tertiary/aromatic N) is 1. The van der Waals surface area contributed by atoms with Crippen LogP contribution in [0.25, 0.3) is 0 Å². The van der Waals surface area contributed by atoms with E-state index in [-0.39, 0.29) is 5.91 Å². The summed E-state index contributed by atoms with van der Waals surface area (Å²) in [6.45, 7) is 9.71. The van der Waals surface area contributed by atoms with Crippen LogP contribution >= 0.6 is 0 Å². The second-order valence-electron chi connectivity index (χ2n) is 7.58. The molecule has 0 radical (unpaired) electrons. The van der Waals surface area contributed by atoms with Crippen LogP contribution in [-0.2, 0) is 11.3 Å². The van der Waals surface area contributed by atoms with E-state index in [2.05, 4.69) is 43.1 Å². The van der Waals surface area contributed by atoms with Crippen molar-refractivity contribution in [3.8, 4) is 0 Å². The summed E-state index contributed by atoms with van der Waals surface area (Å²) in [6, 6.07) is 8.16. The minimum atomic E-state index is 0.0945. The third kappa shape index (κ3) is 5.91. The first-order valence-corrected chi connectivity index (χ1v) is 9.20. The SMILES string of the molecule is CC(C)C(C)CC(=O)Nc1cccc(CN2CCC(CO)CC2)c1. The molecule has 4 heteroatoms. The Morgan fingerprint density at radius 2 is 2.00 bits per heavy atom. The molecule has 2 rings (SSSR count). The lowest BCUT2D eigenvalue weighted by molar-refractivity contribution is -0.117. The van der Waals surface area contributed by atoms with E-state index in [4.69, 9.17) is 0 Å². The van der Waals surface area contributed by atoms with Gasteiger partial charge in [0.05, 0.1) is 0 Å². The Balaban J connectivity index is 1.86. The van der Waals surface area contributed by atoms with E-state index in [9.17, 15) is 9.90 Å². The predicted molar refractivity (Wildman–Crippen MR) is 98.8 cm³/mol. The summed E-state index contributed by atoms with van der Waals surface area (Å²) in [6.07, 6.45) is 2.70. The molecule has 4 nitrogen and oxygen atoms in total. The largest absolute Gasteiger partial charge is 0.396 e. The van der Waals surface area contributed by atoms with Crippen LogP contribution in [0.3, 0.4) is 0 Å². The first-order chi connectivity index (χ1) is 11.5. The van der Waals surface area contributed by atoms with Gasteiger partial charge in [-0.1, -0.05) is 32.9 Å². The van der Waals surface area contributed by atoms with Gasteiger partial charge in [-0.25, -0.2) is 0 Å². The Labute approximate surface area is 146 Å². The van der Waals surface area contributed by atoms with E-state index >= 15 is 0 Å². The van der Waals surface area contributed by atoms with Crippen molar-refractivity contribution in [2.75, 3.05) is 25.0 Å². The number of rotatable bonds is 7. The van der Waals surface area contributed by atoms with E-state index in [0.29, 0.717) is 30.8 Å². The van der Waals surface area contributed by atoms with Crippen LogP contribution in [-0.4, -0.2) is 35.6 Å². The fraction of sp³-hybridized carbons (Fsp3) is 0.650. The van der Waals surface area contributed by atoms with Crippen molar-refractivity contribution in [1.82, 2.24) is 4.90 Å². The normalized spacial score (nSPS) is 17.9. The van der Waals surface area contributed by atoms with Gasteiger partial charge in [0.15, 0.2) is 0 Å². The summed E-state index contributed by atoms with van der Waals surface area (Å²) in [5.41, 5.74) is 2.12. The number of hydrogen-bond acceptors (Lipinski definition) is 3. The molecule has 134 valence electrons. The van der Waals surface area contributed by atoms with Crippen molar-refractivity contribution in [3.63, 3.8) is 0 Å².